The number of aromatic nitrogens is 6. The van der Waals surface area contributed by atoms with E-state index >= 15 is 0 Å². The average molecular weight is 449 g/mol. The van der Waals surface area contributed by atoms with Gasteiger partial charge in [0, 0.05) is 40.0 Å². The summed E-state index contributed by atoms with van der Waals surface area (Å²) in [7, 11) is 2.96. The number of nitrogens with zero attached hydrogens (tertiary/aromatic N) is 7. The molecule has 0 spiro atoms. The molecule has 0 atom stereocenters. The molecule has 4 aromatic rings. The summed E-state index contributed by atoms with van der Waals surface area (Å²) in [6, 6.07) is 7.61. The zero-order valence-corrected chi connectivity index (χ0v) is 18.3. The van der Waals surface area contributed by atoms with E-state index < -0.39 is 11.2 Å². The first-order chi connectivity index (χ1) is 15.9. The molecule has 33 heavy (non-hydrogen) atoms. The number of rotatable bonds is 4. The number of hydrogen-bond donors (Lipinski definition) is 0. The minimum absolute atomic E-state index is 0.0222. The summed E-state index contributed by atoms with van der Waals surface area (Å²) >= 11 is 0. The second kappa shape index (κ2) is 8.15. The molecule has 1 aromatic carbocycles. The third-order valence-corrected chi connectivity index (χ3v) is 6.03. The van der Waals surface area contributed by atoms with Crippen LogP contribution in [-0.4, -0.2) is 58.7 Å². The maximum atomic E-state index is 12.9. The number of fused-ring (bicyclic) bond motifs is 2. The summed E-state index contributed by atoms with van der Waals surface area (Å²) in [5.41, 5.74) is 1.16. The monoisotopic (exact) mass is 449 g/mol. The fourth-order valence-corrected chi connectivity index (χ4v) is 4.15. The van der Waals surface area contributed by atoms with E-state index in [4.69, 9.17) is 4.74 Å². The molecule has 0 radical (unpaired) electrons. The highest BCUT2D eigenvalue weighted by molar-refractivity contribution is 5.79. The normalized spacial score (nSPS) is 14.8. The Morgan fingerprint density at radius 3 is 2.55 bits per heavy atom. The van der Waals surface area contributed by atoms with Crippen LogP contribution in [0, 0.1) is 0 Å². The minimum atomic E-state index is -0.470. The van der Waals surface area contributed by atoms with Crippen molar-refractivity contribution in [3.05, 3.63) is 57.6 Å². The Morgan fingerprint density at radius 2 is 1.79 bits per heavy atom. The third kappa shape index (κ3) is 3.75. The number of carbonyl (C=O) groups is 1. The van der Waals surface area contributed by atoms with E-state index in [2.05, 4.69) is 15.0 Å². The molecule has 1 fully saturated rings. The lowest BCUT2D eigenvalue weighted by Crippen LogP contribution is -2.43. The van der Waals surface area contributed by atoms with Gasteiger partial charge in [0.2, 0.25) is 11.8 Å². The Morgan fingerprint density at radius 1 is 1.06 bits per heavy atom. The van der Waals surface area contributed by atoms with Crippen molar-refractivity contribution >= 4 is 28.1 Å². The van der Waals surface area contributed by atoms with Crippen molar-refractivity contribution < 1.29 is 9.53 Å². The molecule has 1 amide bonds. The van der Waals surface area contributed by atoms with Crippen molar-refractivity contribution in [3.8, 4) is 5.88 Å². The fourth-order valence-electron chi connectivity index (χ4n) is 4.15. The summed E-state index contributed by atoms with van der Waals surface area (Å²) in [5.74, 6) is 0.360. The first kappa shape index (κ1) is 20.9. The second-order valence-electron chi connectivity index (χ2n) is 8.15. The van der Waals surface area contributed by atoms with E-state index in [9.17, 15) is 14.4 Å². The number of hydrogen-bond acceptors (Lipinski definition) is 7. The highest BCUT2D eigenvalue weighted by Gasteiger charge is 2.25. The van der Waals surface area contributed by atoms with Crippen molar-refractivity contribution in [3.63, 3.8) is 0 Å². The van der Waals surface area contributed by atoms with Crippen LogP contribution in [0.2, 0.25) is 0 Å². The van der Waals surface area contributed by atoms with Crippen LogP contribution in [0.4, 0.5) is 0 Å². The van der Waals surface area contributed by atoms with Crippen LogP contribution in [0.3, 0.4) is 0 Å². The zero-order valence-electron chi connectivity index (χ0n) is 18.3. The molecule has 1 saturated heterocycles. The van der Waals surface area contributed by atoms with E-state index in [1.54, 1.807) is 18.1 Å². The van der Waals surface area contributed by atoms with Gasteiger partial charge in [-0.3, -0.25) is 18.7 Å². The van der Waals surface area contributed by atoms with Crippen molar-refractivity contribution in [2.75, 3.05) is 13.1 Å². The molecule has 0 N–H and O–H groups in total. The molecule has 0 bridgehead atoms. The van der Waals surface area contributed by atoms with Crippen molar-refractivity contribution in [2.24, 2.45) is 14.1 Å². The molecular formula is C22H23N7O4. The Bertz CT molecular complexity index is 1480. The van der Waals surface area contributed by atoms with Crippen molar-refractivity contribution in [1.82, 2.24) is 33.6 Å². The van der Waals surface area contributed by atoms with Crippen LogP contribution in [0.25, 0.3) is 22.2 Å². The molecule has 0 unspecified atom stereocenters. The SMILES string of the molecule is Cn1c(=O)c2c(ncn2CC(=O)N2CCC(Oc3cnc4ccccc4n3)CC2)n(C)c1=O. The highest BCUT2D eigenvalue weighted by Crippen LogP contribution is 2.19. The molecule has 11 heteroatoms. The molecule has 5 rings (SSSR count). The van der Waals surface area contributed by atoms with Gasteiger partial charge < -0.3 is 14.2 Å². The quantitative estimate of drug-likeness (QED) is 0.444. The molecule has 1 aliphatic rings. The lowest BCUT2D eigenvalue weighted by atomic mass is 10.1. The topological polar surface area (TPSA) is 117 Å². The number of carbonyl (C=O) groups excluding carboxylic acids is 1. The number of benzene rings is 1. The van der Waals surface area contributed by atoms with Gasteiger partial charge in [-0.15, -0.1) is 0 Å². The van der Waals surface area contributed by atoms with E-state index in [0.29, 0.717) is 31.8 Å². The first-order valence-electron chi connectivity index (χ1n) is 10.7. The third-order valence-electron chi connectivity index (χ3n) is 6.03. The average Bonchev–Trinajstić information content (AvgIpc) is 3.25. The number of ether oxygens (including phenoxy) is 1. The Balaban J connectivity index is 1.25. The van der Waals surface area contributed by atoms with Crippen molar-refractivity contribution in [2.45, 2.75) is 25.5 Å². The number of amides is 1. The maximum Gasteiger partial charge on any atom is 0.332 e. The van der Waals surface area contributed by atoms with Crippen LogP contribution >= 0.6 is 0 Å². The summed E-state index contributed by atoms with van der Waals surface area (Å²) in [6.45, 7) is 1.05. The predicted molar refractivity (Wildman–Crippen MR) is 120 cm³/mol. The van der Waals surface area contributed by atoms with Crippen LogP contribution in [-0.2, 0) is 25.4 Å². The van der Waals surface area contributed by atoms with E-state index in [0.717, 1.165) is 15.6 Å². The van der Waals surface area contributed by atoms with E-state index in [-0.39, 0.29) is 29.7 Å². The molecule has 11 nitrogen and oxygen atoms in total. The summed E-state index contributed by atoms with van der Waals surface area (Å²) in [6.07, 6.45) is 4.33. The lowest BCUT2D eigenvalue weighted by molar-refractivity contribution is -0.133. The van der Waals surface area contributed by atoms with Crippen LogP contribution in [0.15, 0.2) is 46.4 Å². The Labute approximate surface area is 187 Å². The number of imidazole rings is 1. The maximum absolute atomic E-state index is 12.9. The molecule has 3 aromatic heterocycles. The zero-order chi connectivity index (χ0) is 23.1. The molecule has 0 aliphatic carbocycles. The van der Waals surface area contributed by atoms with Gasteiger partial charge in [-0.1, -0.05) is 12.1 Å². The Hall–Kier alpha value is -4.02. The second-order valence-corrected chi connectivity index (χ2v) is 8.15. The van der Waals surface area contributed by atoms with Crippen molar-refractivity contribution in [1.29, 1.82) is 0 Å². The van der Waals surface area contributed by atoms with Crippen LogP contribution in [0.5, 0.6) is 5.88 Å². The smallest absolute Gasteiger partial charge is 0.332 e. The largest absolute Gasteiger partial charge is 0.473 e. The number of para-hydroxylation sites is 2. The van der Waals surface area contributed by atoms with Gasteiger partial charge in [-0.05, 0) is 12.1 Å². The predicted octanol–water partition coefficient (Wildman–Crippen LogP) is 0.447. The van der Waals surface area contributed by atoms with Gasteiger partial charge in [-0.25, -0.2) is 19.7 Å². The summed E-state index contributed by atoms with van der Waals surface area (Å²) < 4.78 is 9.83. The van der Waals surface area contributed by atoms with Gasteiger partial charge in [0.05, 0.1) is 23.6 Å². The minimum Gasteiger partial charge on any atom is -0.473 e. The summed E-state index contributed by atoms with van der Waals surface area (Å²) in [5, 5.41) is 0. The molecule has 170 valence electrons. The Kier molecular flexibility index (Phi) is 5.15. The lowest BCUT2D eigenvalue weighted by Gasteiger charge is -2.32. The number of piperidine rings is 1. The van der Waals surface area contributed by atoms with Gasteiger partial charge >= 0.3 is 5.69 Å². The fraction of sp³-hybridized carbons (Fsp3) is 0.364. The molecule has 0 saturated carbocycles. The van der Waals surface area contributed by atoms with Gasteiger partial charge in [0.1, 0.15) is 12.6 Å². The van der Waals surface area contributed by atoms with Crippen LogP contribution < -0.4 is 16.0 Å². The molecular weight excluding hydrogens is 426 g/mol. The standard InChI is InChI=1S/C22H23N7O4/c1-26-20-19(21(31)27(2)22(26)32)29(13-24-20)12-18(30)28-9-7-14(8-10-28)33-17-11-23-15-5-3-4-6-16(15)25-17/h3-6,11,13-14H,7-10,12H2,1-2H3. The molecule has 1 aliphatic heterocycles. The number of likely N-dealkylation sites (tertiary alicyclic amines) is 1. The summed E-state index contributed by atoms with van der Waals surface area (Å²) in [4.78, 5) is 52.4. The van der Waals surface area contributed by atoms with E-state index in [1.807, 2.05) is 24.3 Å². The molecule has 4 heterocycles. The van der Waals surface area contributed by atoms with Gasteiger partial charge in [0.15, 0.2) is 11.2 Å². The first-order valence-corrected chi connectivity index (χ1v) is 10.7. The van der Waals surface area contributed by atoms with Gasteiger partial charge in [0.25, 0.3) is 5.56 Å². The highest BCUT2D eigenvalue weighted by atomic mass is 16.5. The van der Waals surface area contributed by atoms with Crippen LogP contribution in [0.1, 0.15) is 12.8 Å². The number of aryl methyl sites for hydroxylation is 1. The van der Waals surface area contributed by atoms with Gasteiger partial charge in [-0.2, -0.15) is 0 Å². The van der Waals surface area contributed by atoms with E-state index in [1.165, 1.54) is 22.5 Å².